The van der Waals surface area contributed by atoms with E-state index in [1.165, 1.54) is 4.88 Å². The minimum atomic E-state index is 0.132. The van der Waals surface area contributed by atoms with Crippen molar-refractivity contribution in [3.8, 4) is 5.75 Å². The summed E-state index contributed by atoms with van der Waals surface area (Å²) in [7, 11) is 0. The van der Waals surface area contributed by atoms with E-state index in [-0.39, 0.29) is 5.54 Å². The van der Waals surface area contributed by atoms with E-state index in [0.29, 0.717) is 6.61 Å². The van der Waals surface area contributed by atoms with Gasteiger partial charge in [0.05, 0.1) is 17.3 Å². The Morgan fingerprint density at radius 2 is 1.90 bits per heavy atom. The summed E-state index contributed by atoms with van der Waals surface area (Å²) in [6.07, 6.45) is 0.857. The van der Waals surface area contributed by atoms with Gasteiger partial charge in [-0.2, -0.15) is 0 Å². The summed E-state index contributed by atoms with van der Waals surface area (Å²) < 4.78 is 5.72. The third-order valence-electron chi connectivity index (χ3n) is 3.04. The number of hydrogen-bond donors (Lipinski definition) is 1. The second kappa shape index (κ2) is 7.05. The second-order valence-electron chi connectivity index (χ2n) is 6.13. The molecule has 1 heterocycles. The zero-order chi connectivity index (χ0) is 15.3. The van der Waals surface area contributed by atoms with E-state index < -0.39 is 0 Å². The van der Waals surface area contributed by atoms with Gasteiger partial charge in [-0.05, 0) is 39.8 Å². The van der Waals surface area contributed by atoms with Crippen LogP contribution < -0.4 is 10.1 Å². The molecule has 1 aromatic heterocycles. The maximum atomic E-state index is 5.72. The molecule has 0 spiro atoms. The summed E-state index contributed by atoms with van der Waals surface area (Å²) in [5.74, 6) is 0.917. The van der Waals surface area contributed by atoms with Gasteiger partial charge in [0.25, 0.3) is 0 Å². The van der Waals surface area contributed by atoms with Crippen LogP contribution in [0.1, 0.15) is 36.3 Å². The lowest BCUT2D eigenvalue weighted by Crippen LogP contribution is -2.34. The molecule has 0 saturated heterocycles. The predicted octanol–water partition coefficient (Wildman–Crippen LogP) is 3.96. The van der Waals surface area contributed by atoms with Crippen molar-refractivity contribution in [1.82, 2.24) is 10.3 Å². The molecule has 0 bridgehead atoms. The molecule has 1 N–H and O–H groups in total. The maximum Gasteiger partial charge on any atom is 0.119 e. The van der Waals surface area contributed by atoms with E-state index >= 15 is 0 Å². The molecule has 0 aliphatic heterocycles. The Labute approximate surface area is 131 Å². The van der Waals surface area contributed by atoms with Crippen LogP contribution in [-0.2, 0) is 13.0 Å². The fourth-order valence-electron chi connectivity index (χ4n) is 1.88. The minimum absolute atomic E-state index is 0.132. The van der Waals surface area contributed by atoms with Gasteiger partial charge in [0.2, 0.25) is 0 Å². The molecule has 0 aliphatic carbocycles. The van der Waals surface area contributed by atoms with E-state index in [2.05, 4.69) is 38.0 Å². The van der Waals surface area contributed by atoms with E-state index in [4.69, 9.17) is 4.74 Å². The first kappa shape index (κ1) is 16.0. The first-order valence-corrected chi connectivity index (χ1v) is 8.14. The Bertz CT molecular complexity index is 558. The molecular weight excluding hydrogens is 280 g/mol. The van der Waals surface area contributed by atoms with Crippen LogP contribution in [0.5, 0.6) is 5.75 Å². The molecule has 0 unspecified atom stereocenters. The van der Waals surface area contributed by atoms with Crippen molar-refractivity contribution < 1.29 is 4.74 Å². The van der Waals surface area contributed by atoms with Gasteiger partial charge in [-0.25, -0.2) is 4.98 Å². The Kier molecular flexibility index (Phi) is 5.37. The number of para-hydroxylation sites is 1. The summed E-state index contributed by atoms with van der Waals surface area (Å²) in [5.41, 5.74) is 1.26. The highest BCUT2D eigenvalue weighted by molar-refractivity contribution is 7.11. The van der Waals surface area contributed by atoms with Gasteiger partial charge in [0.1, 0.15) is 5.75 Å². The average Bonchev–Trinajstić information content (AvgIpc) is 2.77. The number of nitrogens with zero attached hydrogens (tertiary/aromatic N) is 1. The molecule has 0 radical (unpaired) electrons. The maximum absolute atomic E-state index is 5.72. The molecular formula is C17H24N2OS. The van der Waals surface area contributed by atoms with E-state index in [1.54, 1.807) is 11.3 Å². The number of hydrogen-bond acceptors (Lipinski definition) is 4. The molecule has 0 atom stereocenters. The van der Waals surface area contributed by atoms with Crippen molar-refractivity contribution >= 4 is 11.3 Å². The zero-order valence-corrected chi connectivity index (χ0v) is 14.1. The molecule has 1 aromatic carbocycles. The smallest absolute Gasteiger partial charge is 0.119 e. The second-order valence-corrected chi connectivity index (χ2v) is 7.30. The Hall–Kier alpha value is -1.39. The van der Waals surface area contributed by atoms with E-state index in [0.717, 1.165) is 29.4 Å². The van der Waals surface area contributed by atoms with Crippen LogP contribution >= 0.6 is 11.3 Å². The molecule has 3 nitrogen and oxygen atoms in total. The van der Waals surface area contributed by atoms with Crippen LogP contribution in [0.25, 0.3) is 0 Å². The Balaban J connectivity index is 1.84. The molecule has 0 amide bonds. The molecule has 114 valence electrons. The minimum Gasteiger partial charge on any atom is -0.493 e. The first-order valence-electron chi connectivity index (χ1n) is 7.32. The SMILES string of the molecule is Cc1nc(CCOc2ccccc2)sc1CNC(C)(C)C. The monoisotopic (exact) mass is 304 g/mol. The van der Waals surface area contributed by atoms with Crippen molar-refractivity contribution in [2.45, 2.75) is 46.2 Å². The summed E-state index contributed by atoms with van der Waals surface area (Å²) in [6, 6.07) is 9.92. The normalized spacial score (nSPS) is 11.6. The van der Waals surface area contributed by atoms with Gasteiger partial charge in [-0.3, -0.25) is 0 Å². The van der Waals surface area contributed by atoms with Gasteiger partial charge < -0.3 is 10.1 Å². The third kappa shape index (κ3) is 5.48. The van der Waals surface area contributed by atoms with Crippen molar-refractivity contribution in [3.05, 3.63) is 45.9 Å². The van der Waals surface area contributed by atoms with Crippen LogP contribution in [0.3, 0.4) is 0 Å². The lowest BCUT2D eigenvalue weighted by atomic mass is 10.1. The van der Waals surface area contributed by atoms with Crippen LogP contribution in [-0.4, -0.2) is 17.1 Å². The van der Waals surface area contributed by atoms with Gasteiger partial charge in [0, 0.05) is 23.4 Å². The van der Waals surface area contributed by atoms with Gasteiger partial charge in [-0.1, -0.05) is 18.2 Å². The molecule has 2 aromatic rings. The van der Waals surface area contributed by atoms with Crippen molar-refractivity contribution in [2.75, 3.05) is 6.61 Å². The highest BCUT2D eigenvalue weighted by atomic mass is 32.1. The van der Waals surface area contributed by atoms with Crippen LogP contribution in [0.4, 0.5) is 0 Å². The molecule has 0 saturated carbocycles. The zero-order valence-electron chi connectivity index (χ0n) is 13.3. The standard InChI is InChI=1S/C17H24N2OS/c1-13-15(12-18-17(2,3)4)21-16(19-13)10-11-20-14-8-6-5-7-9-14/h5-9,18H,10-12H2,1-4H3. The summed E-state index contributed by atoms with van der Waals surface area (Å²) in [6.45, 7) is 10.2. The topological polar surface area (TPSA) is 34.1 Å². The van der Waals surface area contributed by atoms with Gasteiger partial charge in [0.15, 0.2) is 0 Å². The fourth-order valence-corrected chi connectivity index (χ4v) is 2.87. The van der Waals surface area contributed by atoms with Crippen molar-refractivity contribution in [1.29, 1.82) is 0 Å². The number of nitrogens with one attached hydrogen (secondary N) is 1. The number of thiazole rings is 1. The van der Waals surface area contributed by atoms with E-state index in [9.17, 15) is 0 Å². The molecule has 0 fully saturated rings. The summed E-state index contributed by atoms with van der Waals surface area (Å²) >= 11 is 1.78. The van der Waals surface area contributed by atoms with E-state index in [1.807, 2.05) is 30.3 Å². The number of aryl methyl sites for hydroxylation is 1. The highest BCUT2D eigenvalue weighted by Crippen LogP contribution is 2.20. The lowest BCUT2D eigenvalue weighted by molar-refractivity contribution is 0.321. The summed E-state index contributed by atoms with van der Waals surface area (Å²) in [5, 5.41) is 4.66. The lowest BCUT2D eigenvalue weighted by Gasteiger charge is -2.19. The third-order valence-corrected chi connectivity index (χ3v) is 4.26. The van der Waals surface area contributed by atoms with Crippen molar-refractivity contribution in [2.24, 2.45) is 0 Å². The molecule has 2 rings (SSSR count). The predicted molar refractivity (Wildman–Crippen MR) is 89.1 cm³/mol. The Morgan fingerprint density at radius 3 is 2.57 bits per heavy atom. The van der Waals surface area contributed by atoms with Gasteiger partial charge >= 0.3 is 0 Å². The molecule has 0 aliphatic rings. The highest BCUT2D eigenvalue weighted by Gasteiger charge is 2.12. The Morgan fingerprint density at radius 1 is 1.19 bits per heavy atom. The quantitative estimate of drug-likeness (QED) is 0.877. The van der Waals surface area contributed by atoms with Crippen LogP contribution in [0.15, 0.2) is 30.3 Å². The number of benzene rings is 1. The number of ether oxygens (including phenoxy) is 1. The van der Waals surface area contributed by atoms with Gasteiger partial charge in [-0.15, -0.1) is 11.3 Å². The number of rotatable bonds is 6. The average molecular weight is 304 g/mol. The summed E-state index contributed by atoms with van der Waals surface area (Å²) in [4.78, 5) is 5.96. The van der Waals surface area contributed by atoms with Crippen LogP contribution in [0.2, 0.25) is 0 Å². The first-order chi connectivity index (χ1) is 9.94. The molecule has 21 heavy (non-hydrogen) atoms. The largest absolute Gasteiger partial charge is 0.493 e. The van der Waals surface area contributed by atoms with Crippen molar-refractivity contribution in [3.63, 3.8) is 0 Å². The molecule has 4 heteroatoms. The number of aromatic nitrogens is 1. The fraction of sp³-hybridized carbons (Fsp3) is 0.471. The van der Waals surface area contributed by atoms with Crippen LogP contribution in [0, 0.1) is 6.92 Å².